The number of nitrogens with two attached hydrogens (primary N) is 1. The fourth-order valence-electron chi connectivity index (χ4n) is 2.88. The van der Waals surface area contributed by atoms with Gasteiger partial charge in [0.15, 0.2) is 5.16 Å². The van der Waals surface area contributed by atoms with Crippen molar-refractivity contribution in [3.63, 3.8) is 0 Å². The van der Waals surface area contributed by atoms with Crippen LogP contribution in [-0.2, 0) is 5.75 Å². The van der Waals surface area contributed by atoms with Crippen LogP contribution in [0.25, 0.3) is 0 Å². The summed E-state index contributed by atoms with van der Waals surface area (Å²) in [4.78, 5) is 12.8. The quantitative estimate of drug-likeness (QED) is 0.508. The third-order valence-corrected chi connectivity index (χ3v) is 5.04. The molecule has 2 aromatic rings. The Kier molecular flexibility index (Phi) is 5.16. The molecule has 0 saturated heterocycles. The Labute approximate surface area is 139 Å². The maximum absolute atomic E-state index is 5.90. The minimum absolute atomic E-state index is 0.374. The number of rotatable bonds is 4. The highest BCUT2D eigenvalue weighted by Crippen LogP contribution is 2.33. The summed E-state index contributed by atoms with van der Waals surface area (Å²) < 4.78 is 0. The largest absolute Gasteiger partial charge is 0.384 e. The van der Waals surface area contributed by atoms with Crippen LogP contribution in [-0.4, -0.2) is 15.0 Å². The fraction of sp³-hybridized carbons (Fsp3) is 0.438. The van der Waals surface area contributed by atoms with Crippen LogP contribution in [0.5, 0.6) is 0 Å². The van der Waals surface area contributed by atoms with Gasteiger partial charge in [0.25, 0.3) is 0 Å². The Morgan fingerprint density at radius 1 is 1.18 bits per heavy atom. The second-order valence-electron chi connectivity index (χ2n) is 5.60. The van der Waals surface area contributed by atoms with E-state index in [0.717, 1.165) is 11.4 Å². The topological polar surface area (TPSA) is 64.7 Å². The van der Waals surface area contributed by atoms with E-state index in [0.29, 0.717) is 22.0 Å². The lowest BCUT2D eigenvalue weighted by molar-refractivity contribution is 0.443. The first-order chi connectivity index (χ1) is 10.7. The zero-order valence-electron chi connectivity index (χ0n) is 12.3. The molecule has 6 heteroatoms. The molecule has 0 bridgehead atoms. The van der Waals surface area contributed by atoms with Crippen molar-refractivity contribution < 1.29 is 0 Å². The lowest BCUT2D eigenvalue weighted by atomic mass is 9.84. The highest BCUT2D eigenvalue weighted by Gasteiger charge is 2.16. The van der Waals surface area contributed by atoms with Gasteiger partial charge in [0.05, 0.1) is 5.69 Å². The van der Waals surface area contributed by atoms with Crippen LogP contribution in [0.3, 0.4) is 0 Å². The first kappa shape index (κ1) is 15.6. The van der Waals surface area contributed by atoms with Gasteiger partial charge in [-0.1, -0.05) is 42.6 Å². The van der Waals surface area contributed by atoms with Crippen molar-refractivity contribution in [2.24, 2.45) is 0 Å². The van der Waals surface area contributed by atoms with Gasteiger partial charge in [-0.2, -0.15) is 0 Å². The van der Waals surface area contributed by atoms with E-state index in [4.69, 9.17) is 17.3 Å². The monoisotopic (exact) mass is 334 g/mol. The first-order valence-corrected chi connectivity index (χ1v) is 8.95. The number of nitrogens with zero attached hydrogens (tertiary/aromatic N) is 3. The van der Waals surface area contributed by atoms with Gasteiger partial charge in [-0.15, -0.1) is 0 Å². The summed E-state index contributed by atoms with van der Waals surface area (Å²) in [5.74, 6) is 1.81. The minimum atomic E-state index is 0.374. The third kappa shape index (κ3) is 4.11. The summed E-state index contributed by atoms with van der Waals surface area (Å²) >= 11 is 7.41. The van der Waals surface area contributed by atoms with Crippen LogP contribution in [0.4, 0.5) is 5.82 Å². The fourth-order valence-corrected chi connectivity index (χ4v) is 3.89. The molecule has 0 amide bonds. The molecule has 0 spiro atoms. The summed E-state index contributed by atoms with van der Waals surface area (Å²) in [5.41, 5.74) is 8.15. The van der Waals surface area contributed by atoms with Crippen molar-refractivity contribution in [3.8, 4) is 0 Å². The molecule has 116 valence electrons. The van der Waals surface area contributed by atoms with Gasteiger partial charge in [0.2, 0.25) is 0 Å². The Bertz CT molecular complexity index is 624. The van der Waals surface area contributed by atoms with Crippen molar-refractivity contribution >= 4 is 29.2 Å². The van der Waals surface area contributed by atoms with Gasteiger partial charge in [-0.3, -0.25) is 4.98 Å². The molecule has 0 aromatic carbocycles. The molecular formula is C16H19ClN4S. The lowest BCUT2D eigenvalue weighted by Gasteiger charge is -2.22. The molecule has 3 rings (SSSR count). The molecule has 2 heterocycles. The van der Waals surface area contributed by atoms with E-state index in [-0.39, 0.29) is 0 Å². The maximum Gasteiger partial charge on any atom is 0.191 e. The second-order valence-corrected chi connectivity index (χ2v) is 6.93. The summed E-state index contributed by atoms with van der Waals surface area (Å²) in [6.45, 7) is 0. The zero-order chi connectivity index (χ0) is 15.4. The van der Waals surface area contributed by atoms with Crippen molar-refractivity contribution in [2.75, 3.05) is 5.73 Å². The molecule has 0 radical (unpaired) electrons. The predicted molar refractivity (Wildman–Crippen MR) is 91.1 cm³/mol. The number of pyridine rings is 1. The van der Waals surface area contributed by atoms with E-state index in [1.807, 2.05) is 6.20 Å². The van der Waals surface area contributed by atoms with Crippen LogP contribution in [0.1, 0.15) is 49.3 Å². The summed E-state index contributed by atoms with van der Waals surface area (Å²) in [5, 5.41) is 0.966. The average molecular weight is 335 g/mol. The van der Waals surface area contributed by atoms with Gasteiger partial charge in [-0.25, -0.2) is 9.97 Å². The molecule has 1 aliphatic rings. The highest BCUT2D eigenvalue weighted by atomic mass is 35.5. The first-order valence-electron chi connectivity index (χ1n) is 7.58. The molecule has 1 saturated carbocycles. The van der Waals surface area contributed by atoms with Crippen molar-refractivity contribution in [3.05, 3.63) is 40.8 Å². The van der Waals surface area contributed by atoms with Gasteiger partial charge >= 0.3 is 0 Å². The lowest BCUT2D eigenvalue weighted by Crippen LogP contribution is -2.05. The Balaban J connectivity index is 1.67. The van der Waals surface area contributed by atoms with Crippen LogP contribution in [0.2, 0.25) is 5.15 Å². The molecule has 0 aliphatic heterocycles. The number of nitrogen functional groups attached to an aromatic ring is 1. The van der Waals surface area contributed by atoms with E-state index < -0.39 is 0 Å². The summed E-state index contributed by atoms with van der Waals surface area (Å²) in [6.07, 6.45) is 8.55. The Morgan fingerprint density at radius 3 is 2.77 bits per heavy atom. The maximum atomic E-state index is 5.90. The number of halogens is 1. The van der Waals surface area contributed by atoms with E-state index in [1.165, 1.54) is 49.4 Å². The van der Waals surface area contributed by atoms with E-state index in [1.54, 1.807) is 6.07 Å². The number of hydrogen-bond donors (Lipinski definition) is 1. The van der Waals surface area contributed by atoms with Crippen molar-refractivity contribution in [2.45, 2.75) is 48.9 Å². The predicted octanol–water partition coefficient (Wildman–Crippen LogP) is 4.45. The SMILES string of the molecule is Nc1cc(Cl)nc(SCc2cc(C3CCCCC3)ccn2)n1. The normalized spacial score (nSPS) is 15.9. The highest BCUT2D eigenvalue weighted by molar-refractivity contribution is 7.98. The van der Waals surface area contributed by atoms with Gasteiger partial charge in [0, 0.05) is 18.0 Å². The summed E-state index contributed by atoms with van der Waals surface area (Å²) in [7, 11) is 0. The average Bonchev–Trinajstić information content (AvgIpc) is 2.53. The van der Waals surface area contributed by atoms with E-state index >= 15 is 0 Å². The van der Waals surface area contributed by atoms with Crippen LogP contribution < -0.4 is 5.73 Å². The molecule has 22 heavy (non-hydrogen) atoms. The summed E-state index contributed by atoms with van der Waals surface area (Å²) in [6, 6.07) is 5.92. The molecule has 4 nitrogen and oxygen atoms in total. The smallest absolute Gasteiger partial charge is 0.191 e. The van der Waals surface area contributed by atoms with Crippen molar-refractivity contribution in [1.29, 1.82) is 0 Å². The van der Waals surface area contributed by atoms with Gasteiger partial charge < -0.3 is 5.73 Å². The van der Waals surface area contributed by atoms with Crippen LogP contribution in [0, 0.1) is 0 Å². The minimum Gasteiger partial charge on any atom is -0.384 e. The number of thioether (sulfide) groups is 1. The number of hydrogen-bond acceptors (Lipinski definition) is 5. The third-order valence-electron chi connectivity index (χ3n) is 3.96. The van der Waals surface area contributed by atoms with Crippen molar-refractivity contribution in [1.82, 2.24) is 15.0 Å². The molecule has 2 aromatic heterocycles. The molecule has 1 aliphatic carbocycles. The Hall–Kier alpha value is -1.33. The van der Waals surface area contributed by atoms with E-state index in [9.17, 15) is 0 Å². The Morgan fingerprint density at radius 2 is 2.00 bits per heavy atom. The molecular weight excluding hydrogens is 316 g/mol. The molecule has 0 atom stereocenters. The zero-order valence-corrected chi connectivity index (χ0v) is 13.9. The standard InChI is InChI=1S/C16H19ClN4S/c17-14-9-15(18)21-16(20-14)22-10-13-8-12(6-7-19-13)11-4-2-1-3-5-11/h6-9,11H,1-5,10H2,(H2,18,20,21). The molecule has 0 unspecified atom stereocenters. The van der Waals surface area contributed by atoms with E-state index in [2.05, 4.69) is 27.1 Å². The number of anilines is 1. The van der Waals surface area contributed by atoms with Crippen LogP contribution >= 0.6 is 23.4 Å². The number of aromatic nitrogens is 3. The van der Waals surface area contributed by atoms with Crippen LogP contribution in [0.15, 0.2) is 29.6 Å². The van der Waals surface area contributed by atoms with Gasteiger partial charge in [-0.05, 0) is 36.5 Å². The molecule has 1 fully saturated rings. The second kappa shape index (κ2) is 7.29. The van der Waals surface area contributed by atoms with Gasteiger partial charge in [0.1, 0.15) is 11.0 Å². The molecule has 2 N–H and O–H groups in total.